The SMILES string of the molecule is CCNC1CC(Oc2cc(Br)ccc2F)C12CCCCC2. The molecule has 1 spiro atoms. The molecule has 0 aliphatic heterocycles. The number of rotatable bonds is 4. The molecule has 1 N–H and O–H groups in total. The molecular weight excluding hydrogens is 333 g/mol. The van der Waals surface area contributed by atoms with Crippen molar-refractivity contribution in [2.24, 2.45) is 5.41 Å². The summed E-state index contributed by atoms with van der Waals surface area (Å²) in [6.45, 7) is 3.14. The van der Waals surface area contributed by atoms with Crippen LogP contribution in [0.4, 0.5) is 4.39 Å². The van der Waals surface area contributed by atoms with E-state index in [0.29, 0.717) is 11.8 Å². The number of halogens is 2. The van der Waals surface area contributed by atoms with Gasteiger partial charge in [-0.25, -0.2) is 4.39 Å². The lowest BCUT2D eigenvalue weighted by atomic mass is 9.55. The Morgan fingerprint density at radius 2 is 2.10 bits per heavy atom. The Hall–Kier alpha value is -0.610. The number of nitrogens with one attached hydrogen (secondary N) is 1. The zero-order valence-corrected chi connectivity index (χ0v) is 14.1. The smallest absolute Gasteiger partial charge is 0.165 e. The van der Waals surface area contributed by atoms with Crippen LogP contribution >= 0.6 is 15.9 Å². The monoisotopic (exact) mass is 355 g/mol. The molecule has 0 radical (unpaired) electrons. The Morgan fingerprint density at radius 3 is 2.81 bits per heavy atom. The zero-order valence-electron chi connectivity index (χ0n) is 12.5. The molecule has 2 atom stereocenters. The fourth-order valence-corrected chi connectivity index (χ4v) is 4.39. The predicted molar refractivity (Wildman–Crippen MR) is 86.1 cm³/mol. The summed E-state index contributed by atoms with van der Waals surface area (Å²) in [7, 11) is 0. The van der Waals surface area contributed by atoms with E-state index < -0.39 is 0 Å². The van der Waals surface area contributed by atoms with Crippen LogP contribution < -0.4 is 10.1 Å². The molecule has 1 aromatic carbocycles. The average molecular weight is 356 g/mol. The Kier molecular flexibility index (Phi) is 4.55. The minimum absolute atomic E-state index is 0.144. The van der Waals surface area contributed by atoms with Crippen LogP contribution in [0.3, 0.4) is 0 Å². The van der Waals surface area contributed by atoms with Crippen LogP contribution in [0, 0.1) is 11.2 Å². The van der Waals surface area contributed by atoms with E-state index in [-0.39, 0.29) is 17.3 Å². The second-order valence-corrected chi connectivity index (χ2v) is 7.24. The normalized spacial score (nSPS) is 27.4. The number of hydrogen-bond acceptors (Lipinski definition) is 2. The van der Waals surface area contributed by atoms with Gasteiger partial charge >= 0.3 is 0 Å². The molecular formula is C17H23BrFNO. The summed E-state index contributed by atoms with van der Waals surface area (Å²) in [5, 5.41) is 3.60. The fourth-order valence-electron chi connectivity index (χ4n) is 4.05. The van der Waals surface area contributed by atoms with E-state index >= 15 is 0 Å². The minimum atomic E-state index is -0.268. The van der Waals surface area contributed by atoms with Gasteiger partial charge in [0.2, 0.25) is 0 Å². The van der Waals surface area contributed by atoms with Gasteiger partial charge in [-0.15, -0.1) is 0 Å². The van der Waals surface area contributed by atoms with Gasteiger partial charge in [0.25, 0.3) is 0 Å². The van der Waals surface area contributed by atoms with Crippen LogP contribution in [-0.4, -0.2) is 18.7 Å². The molecule has 2 aliphatic carbocycles. The molecule has 3 rings (SSSR count). The van der Waals surface area contributed by atoms with Crippen molar-refractivity contribution >= 4 is 15.9 Å². The number of ether oxygens (including phenoxy) is 1. The van der Waals surface area contributed by atoms with Gasteiger partial charge in [0.15, 0.2) is 11.6 Å². The topological polar surface area (TPSA) is 21.3 Å². The molecule has 4 heteroatoms. The van der Waals surface area contributed by atoms with Gasteiger partial charge in [-0.05, 0) is 37.6 Å². The van der Waals surface area contributed by atoms with Crippen LogP contribution in [0.5, 0.6) is 5.75 Å². The lowest BCUT2D eigenvalue weighted by molar-refractivity contribution is -0.103. The number of benzene rings is 1. The predicted octanol–water partition coefficient (Wildman–Crippen LogP) is 4.67. The fraction of sp³-hybridized carbons (Fsp3) is 0.647. The van der Waals surface area contributed by atoms with E-state index in [2.05, 4.69) is 28.2 Å². The summed E-state index contributed by atoms with van der Waals surface area (Å²) in [5.74, 6) is 0.116. The first-order chi connectivity index (χ1) is 10.2. The summed E-state index contributed by atoms with van der Waals surface area (Å²) in [6.07, 6.45) is 7.38. The van der Waals surface area contributed by atoms with Crippen molar-refractivity contribution in [2.75, 3.05) is 6.54 Å². The molecule has 2 aliphatic rings. The van der Waals surface area contributed by atoms with Gasteiger partial charge in [0, 0.05) is 22.4 Å². The Bertz CT molecular complexity index is 502. The summed E-state index contributed by atoms with van der Waals surface area (Å²) in [5.41, 5.74) is 0.211. The Labute approximate surface area is 134 Å². The van der Waals surface area contributed by atoms with E-state index in [9.17, 15) is 4.39 Å². The molecule has 1 aromatic rings. The maximum Gasteiger partial charge on any atom is 0.165 e. The highest BCUT2D eigenvalue weighted by Gasteiger charge is 2.56. The van der Waals surface area contributed by atoms with Gasteiger partial charge in [0.05, 0.1) is 0 Å². The highest BCUT2D eigenvalue weighted by Crippen LogP contribution is 2.53. The van der Waals surface area contributed by atoms with Crippen molar-refractivity contribution in [3.63, 3.8) is 0 Å². The molecule has 0 saturated heterocycles. The summed E-state index contributed by atoms with van der Waals surface area (Å²) in [4.78, 5) is 0. The molecule has 2 fully saturated rings. The second kappa shape index (κ2) is 6.25. The van der Waals surface area contributed by atoms with Crippen LogP contribution in [0.1, 0.15) is 45.4 Å². The van der Waals surface area contributed by atoms with E-state index in [1.807, 2.05) is 0 Å². The first-order valence-electron chi connectivity index (χ1n) is 8.01. The van der Waals surface area contributed by atoms with Crippen molar-refractivity contribution in [1.29, 1.82) is 0 Å². The van der Waals surface area contributed by atoms with Crippen molar-refractivity contribution in [3.8, 4) is 5.75 Å². The molecule has 2 saturated carbocycles. The molecule has 21 heavy (non-hydrogen) atoms. The molecule has 0 amide bonds. The first kappa shape index (κ1) is 15.3. The van der Waals surface area contributed by atoms with Crippen LogP contribution in [0.15, 0.2) is 22.7 Å². The Balaban J connectivity index is 1.77. The highest BCUT2D eigenvalue weighted by atomic mass is 79.9. The van der Waals surface area contributed by atoms with E-state index in [0.717, 1.165) is 17.4 Å². The van der Waals surface area contributed by atoms with Crippen LogP contribution in [0.2, 0.25) is 0 Å². The largest absolute Gasteiger partial charge is 0.487 e. The van der Waals surface area contributed by atoms with Gasteiger partial charge < -0.3 is 10.1 Å². The third-order valence-corrected chi connectivity index (χ3v) is 5.68. The van der Waals surface area contributed by atoms with E-state index in [1.54, 1.807) is 12.1 Å². The molecule has 2 unspecified atom stereocenters. The van der Waals surface area contributed by atoms with Crippen molar-refractivity contribution in [3.05, 3.63) is 28.5 Å². The lowest BCUT2D eigenvalue weighted by Gasteiger charge is -2.57. The van der Waals surface area contributed by atoms with E-state index in [1.165, 1.54) is 38.2 Å². The standard InChI is InChI=1S/C17H23BrFNO/c1-2-20-15-11-16(17(15)8-4-3-5-9-17)21-14-10-12(18)6-7-13(14)19/h6-7,10,15-16,20H,2-5,8-9,11H2,1H3. The van der Waals surface area contributed by atoms with Gasteiger partial charge in [-0.1, -0.05) is 42.1 Å². The quantitative estimate of drug-likeness (QED) is 0.847. The first-order valence-corrected chi connectivity index (χ1v) is 8.80. The third-order valence-electron chi connectivity index (χ3n) is 5.18. The maximum absolute atomic E-state index is 13.9. The molecule has 0 heterocycles. The zero-order chi connectivity index (χ0) is 14.9. The molecule has 2 nitrogen and oxygen atoms in total. The molecule has 0 aromatic heterocycles. The second-order valence-electron chi connectivity index (χ2n) is 6.32. The minimum Gasteiger partial charge on any atom is -0.487 e. The average Bonchev–Trinajstić information content (AvgIpc) is 2.50. The molecule has 0 bridgehead atoms. The van der Waals surface area contributed by atoms with Crippen LogP contribution in [-0.2, 0) is 0 Å². The lowest BCUT2D eigenvalue weighted by Crippen LogP contribution is -2.65. The summed E-state index contributed by atoms with van der Waals surface area (Å²) < 4.78 is 20.9. The summed E-state index contributed by atoms with van der Waals surface area (Å²) >= 11 is 3.39. The third kappa shape index (κ3) is 2.85. The molecule has 116 valence electrons. The Morgan fingerprint density at radius 1 is 1.33 bits per heavy atom. The van der Waals surface area contributed by atoms with Gasteiger partial charge in [-0.2, -0.15) is 0 Å². The van der Waals surface area contributed by atoms with Crippen molar-refractivity contribution < 1.29 is 9.13 Å². The van der Waals surface area contributed by atoms with Gasteiger partial charge in [-0.3, -0.25) is 0 Å². The summed E-state index contributed by atoms with van der Waals surface area (Å²) in [6, 6.07) is 5.45. The van der Waals surface area contributed by atoms with Crippen molar-refractivity contribution in [2.45, 2.75) is 57.6 Å². The van der Waals surface area contributed by atoms with E-state index in [4.69, 9.17) is 4.74 Å². The number of hydrogen-bond donors (Lipinski definition) is 1. The van der Waals surface area contributed by atoms with Crippen LogP contribution in [0.25, 0.3) is 0 Å². The van der Waals surface area contributed by atoms with Crippen molar-refractivity contribution in [1.82, 2.24) is 5.32 Å². The maximum atomic E-state index is 13.9. The van der Waals surface area contributed by atoms with Gasteiger partial charge in [0.1, 0.15) is 6.10 Å². The highest BCUT2D eigenvalue weighted by molar-refractivity contribution is 9.10.